The maximum absolute atomic E-state index is 12.3. The molecule has 0 fully saturated rings. The molecule has 0 spiro atoms. The number of carbonyl (C=O) groups excluding carboxylic acids is 1. The van der Waals surface area contributed by atoms with Crippen molar-refractivity contribution < 1.29 is 4.79 Å². The van der Waals surface area contributed by atoms with Gasteiger partial charge in [-0.1, -0.05) is 35.9 Å². The second-order valence-corrected chi connectivity index (χ2v) is 6.43. The van der Waals surface area contributed by atoms with Crippen LogP contribution in [0.2, 0.25) is 5.02 Å². The highest BCUT2D eigenvalue weighted by Gasteiger charge is 2.26. The molecule has 0 bridgehead atoms. The first-order chi connectivity index (χ1) is 11.6. The van der Waals surface area contributed by atoms with Crippen molar-refractivity contribution in [3.05, 3.63) is 64.2 Å². The molecule has 0 radical (unpaired) electrons. The Morgan fingerprint density at radius 1 is 1.38 bits per heavy atom. The number of aryl methyl sites for hydroxylation is 1. The number of nitrogens with zero attached hydrogens (tertiary/aromatic N) is 2. The van der Waals surface area contributed by atoms with Crippen LogP contribution in [-0.4, -0.2) is 24.4 Å². The van der Waals surface area contributed by atoms with E-state index in [1.807, 2.05) is 19.2 Å². The van der Waals surface area contributed by atoms with E-state index in [1.165, 1.54) is 11.1 Å². The molecule has 1 amide bonds. The molecule has 2 aromatic carbocycles. The Kier molecular flexibility index (Phi) is 4.84. The van der Waals surface area contributed by atoms with E-state index in [4.69, 9.17) is 16.9 Å². The van der Waals surface area contributed by atoms with Crippen molar-refractivity contribution in [1.29, 1.82) is 5.26 Å². The quantitative estimate of drug-likeness (QED) is 0.922. The summed E-state index contributed by atoms with van der Waals surface area (Å²) in [5, 5.41) is 12.1. The van der Waals surface area contributed by atoms with Crippen molar-refractivity contribution in [2.75, 3.05) is 18.9 Å². The molecular formula is C19H18ClN3O. The Morgan fingerprint density at radius 2 is 2.17 bits per heavy atom. The van der Waals surface area contributed by atoms with E-state index in [0.29, 0.717) is 22.8 Å². The maximum atomic E-state index is 12.3. The molecule has 0 aliphatic heterocycles. The summed E-state index contributed by atoms with van der Waals surface area (Å²) >= 11 is 5.99. The summed E-state index contributed by atoms with van der Waals surface area (Å²) < 4.78 is 0. The second-order valence-electron chi connectivity index (χ2n) is 6.02. The van der Waals surface area contributed by atoms with Crippen LogP contribution >= 0.6 is 11.6 Å². The van der Waals surface area contributed by atoms with Crippen LogP contribution in [-0.2, 0) is 11.2 Å². The molecule has 1 aliphatic rings. The van der Waals surface area contributed by atoms with Crippen molar-refractivity contribution in [1.82, 2.24) is 4.90 Å². The molecule has 3 rings (SSSR count). The molecular weight excluding hydrogens is 322 g/mol. The summed E-state index contributed by atoms with van der Waals surface area (Å²) in [5.74, 6) is -0.0948. The lowest BCUT2D eigenvalue weighted by atomic mass is 10.1. The number of anilines is 1. The average Bonchev–Trinajstić information content (AvgIpc) is 2.99. The molecule has 0 saturated carbocycles. The molecule has 24 heavy (non-hydrogen) atoms. The van der Waals surface area contributed by atoms with E-state index in [-0.39, 0.29) is 11.9 Å². The molecule has 1 aliphatic carbocycles. The van der Waals surface area contributed by atoms with Crippen LogP contribution in [0, 0.1) is 11.3 Å². The molecule has 0 saturated heterocycles. The number of carbonyl (C=O) groups is 1. The van der Waals surface area contributed by atoms with E-state index in [2.05, 4.69) is 28.4 Å². The number of nitrogens with one attached hydrogen (secondary N) is 1. The zero-order valence-corrected chi connectivity index (χ0v) is 14.2. The Hall–Kier alpha value is -2.35. The van der Waals surface area contributed by atoms with E-state index in [1.54, 1.807) is 18.2 Å². The van der Waals surface area contributed by atoms with Crippen LogP contribution in [0.3, 0.4) is 0 Å². The summed E-state index contributed by atoms with van der Waals surface area (Å²) in [7, 11) is 1.97. The van der Waals surface area contributed by atoms with Gasteiger partial charge in [-0.3, -0.25) is 9.69 Å². The van der Waals surface area contributed by atoms with Gasteiger partial charge in [-0.25, -0.2) is 0 Å². The van der Waals surface area contributed by atoms with Crippen molar-refractivity contribution in [2.24, 2.45) is 0 Å². The van der Waals surface area contributed by atoms with Gasteiger partial charge in [-0.05, 0) is 49.2 Å². The lowest BCUT2D eigenvalue weighted by Gasteiger charge is -2.24. The van der Waals surface area contributed by atoms with E-state index >= 15 is 0 Å². The summed E-state index contributed by atoms with van der Waals surface area (Å²) in [5.41, 5.74) is 3.68. The second kappa shape index (κ2) is 7.04. The SMILES string of the molecule is CN(CC(=O)Nc1ccc(C#N)c(Cl)c1)[C@@H]1CCc2ccccc21. The van der Waals surface area contributed by atoms with Gasteiger partial charge in [0.25, 0.3) is 0 Å². The standard InChI is InChI=1S/C19H18ClN3O/c1-23(18-9-7-13-4-2-3-5-16(13)18)12-19(24)22-15-8-6-14(11-21)17(20)10-15/h2-6,8,10,18H,7,9,12H2,1H3,(H,22,24)/t18-/m1/s1. The van der Waals surface area contributed by atoms with Gasteiger partial charge in [-0.15, -0.1) is 0 Å². The zero-order chi connectivity index (χ0) is 17.1. The predicted octanol–water partition coefficient (Wildman–Crippen LogP) is 3.77. The third-order valence-corrected chi connectivity index (χ3v) is 4.71. The zero-order valence-electron chi connectivity index (χ0n) is 13.4. The molecule has 122 valence electrons. The number of likely N-dealkylation sites (N-methyl/N-ethyl adjacent to an activating group) is 1. The van der Waals surface area contributed by atoms with Crippen molar-refractivity contribution in [3.8, 4) is 6.07 Å². The summed E-state index contributed by atoms with van der Waals surface area (Å²) in [6.45, 7) is 0.302. The summed E-state index contributed by atoms with van der Waals surface area (Å²) in [4.78, 5) is 14.4. The Bertz CT molecular complexity index is 812. The molecule has 0 aromatic heterocycles. The van der Waals surface area contributed by atoms with Crippen LogP contribution < -0.4 is 5.32 Å². The molecule has 5 heteroatoms. The molecule has 4 nitrogen and oxygen atoms in total. The first-order valence-corrected chi connectivity index (χ1v) is 8.24. The van der Waals surface area contributed by atoms with Crippen molar-refractivity contribution in [3.63, 3.8) is 0 Å². The number of fused-ring (bicyclic) bond motifs is 1. The minimum absolute atomic E-state index is 0.0948. The predicted molar refractivity (Wildman–Crippen MR) is 94.9 cm³/mol. The highest BCUT2D eigenvalue weighted by Crippen LogP contribution is 2.34. The molecule has 0 unspecified atom stereocenters. The van der Waals surface area contributed by atoms with Gasteiger partial charge in [0.15, 0.2) is 0 Å². The Balaban J connectivity index is 1.63. The summed E-state index contributed by atoms with van der Waals surface area (Å²) in [6.07, 6.45) is 2.09. The topological polar surface area (TPSA) is 56.1 Å². The van der Waals surface area contributed by atoms with Crippen LogP contribution in [0.25, 0.3) is 0 Å². The normalized spacial score (nSPS) is 15.8. The van der Waals surface area contributed by atoms with Crippen molar-refractivity contribution >= 4 is 23.2 Å². The number of benzene rings is 2. The van der Waals surface area contributed by atoms with Gasteiger partial charge in [-0.2, -0.15) is 5.26 Å². The van der Waals surface area contributed by atoms with E-state index < -0.39 is 0 Å². The maximum Gasteiger partial charge on any atom is 0.238 e. The largest absolute Gasteiger partial charge is 0.325 e. The number of hydrogen-bond donors (Lipinski definition) is 1. The fourth-order valence-electron chi connectivity index (χ4n) is 3.21. The van der Waals surface area contributed by atoms with Gasteiger partial charge in [0.2, 0.25) is 5.91 Å². The molecule has 1 atom stereocenters. The van der Waals surface area contributed by atoms with Crippen molar-refractivity contribution in [2.45, 2.75) is 18.9 Å². The van der Waals surface area contributed by atoms with Crippen LogP contribution in [0.1, 0.15) is 29.2 Å². The van der Waals surface area contributed by atoms with E-state index in [9.17, 15) is 4.79 Å². The third-order valence-electron chi connectivity index (χ3n) is 4.40. The highest BCUT2D eigenvalue weighted by molar-refractivity contribution is 6.32. The van der Waals surface area contributed by atoms with Crippen LogP contribution in [0.4, 0.5) is 5.69 Å². The van der Waals surface area contributed by atoms with Crippen LogP contribution in [0.5, 0.6) is 0 Å². The average molecular weight is 340 g/mol. The first kappa shape index (κ1) is 16.5. The number of rotatable bonds is 4. The van der Waals surface area contributed by atoms with Gasteiger partial charge in [0.05, 0.1) is 17.1 Å². The number of hydrogen-bond acceptors (Lipinski definition) is 3. The lowest BCUT2D eigenvalue weighted by Crippen LogP contribution is -2.32. The molecule has 0 heterocycles. The first-order valence-electron chi connectivity index (χ1n) is 7.86. The Labute approximate surface area is 146 Å². The minimum atomic E-state index is -0.0948. The molecule has 2 aromatic rings. The van der Waals surface area contributed by atoms with Gasteiger partial charge in [0.1, 0.15) is 6.07 Å². The lowest BCUT2D eigenvalue weighted by molar-refractivity contribution is -0.117. The van der Waals surface area contributed by atoms with Gasteiger partial charge >= 0.3 is 0 Å². The third kappa shape index (κ3) is 3.43. The monoisotopic (exact) mass is 339 g/mol. The fraction of sp³-hybridized carbons (Fsp3) is 0.263. The smallest absolute Gasteiger partial charge is 0.238 e. The van der Waals surface area contributed by atoms with Gasteiger partial charge < -0.3 is 5.32 Å². The number of halogens is 1. The van der Waals surface area contributed by atoms with Gasteiger partial charge in [0, 0.05) is 11.7 Å². The van der Waals surface area contributed by atoms with Crippen LogP contribution in [0.15, 0.2) is 42.5 Å². The Morgan fingerprint density at radius 3 is 2.92 bits per heavy atom. The minimum Gasteiger partial charge on any atom is -0.325 e. The highest BCUT2D eigenvalue weighted by atomic mass is 35.5. The number of nitriles is 1. The van der Waals surface area contributed by atoms with E-state index in [0.717, 1.165) is 12.8 Å². The fourth-order valence-corrected chi connectivity index (χ4v) is 3.44. The number of amides is 1. The summed E-state index contributed by atoms with van der Waals surface area (Å²) in [6, 6.07) is 15.6. The molecule has 1 N–H and O–H groups in total.